The Morgan fingerprint density at radius 1 is 1.10 bits per heavy atom. The predicted octanol–water partition coefficient (Wildman–Crippen LogP) is 2.28. The molecular weight excluding hydrogens is 370 g/mol. The van der Waals surface area contributed by atoms with Gasteiger partial charge in [-0.2, -0.15) is 5.10 Å². The molecule has 148 valence electrons. The second-order valence-corrected chi connectivity index (χ2v) is 7.68. The third kappa shape index (κ3) is 3.00. The number of carbonyl (C=O) groups is 2. The zero-order valence-electron chi connectivity index (χ0n) is 15.8. The van der Waals surface area contributed by atoms with Gasteiger partial charge in [-0.3, -0.25) is 9.59 Å². The van der Waals surface area contributed by atoms with Crippen LogP contribution in [0.5, 0.6) is 0 Å². The lowest BCUT2D eigenvalue weighted by molar-refractivity contribution is 0.0678. The van der Waals surface area contributed by atoms with Crippen LogP contribution in [0.25, 0.3) is 0 Å². The van der Waals surface area contributed by atoms with Crippen LogP contribution in [0.2, 0.25) is 0 Å². The van der Waals surface area contributed by atoms with E-state index in [1.807, 2.05) is 27.8 Å². The van der Waals surface area contributed by atoms with Crippen molar-refractivity contribution in [1.29, 1.82) is 0 Å². The van der Waals surface area contributed by atoms with Gasteiger partial charge in [0.2, 0.25) is 0 Å². The molecule has 5 rings (SSSR count). The van der Waals surface area contributed by atoms with Crippen LogP contribution in [0, 0.1) is 5.41 Å². The average molecular weight is 391 g/mol. The summed E-state index contributed by atoms with van der Waals surface area (Å²) in [6.07, 6.45) is 4.62. The van der Waals surface area contributed by atoms with Gasteiger partial charge in [0, 0.05) is 30.6 Å². The number of benzene rings is 1. The first-order valence-electron chi connectivity index (χ1n) is 9.73. The maximum absolute atomic E-state index is 12.9. The van der Waals surface area contributed by atoms with Crippen molar-refractivity contribution < 1.29 is 14.0 Å². The van der Waals surface area contributed by atoms with E-state index in [1.54, 1.807) is 24.3 Å². The van der Waals surface area contributed by atoms with Crippen molar-refractivity contribution >= 4 is 11.8 Å². The minimum atomic E-state index is -0.319. The second-order valence-electron chi connectivity index (χ2n) is 7.68. The number of likely N-dealkylation sites (tertiary alicyclic amines) is 1. The number of amides is 2. The van der Waals surface area contributed by atoms with Crippen molar-refractivity contribution in [3.05, 3.63) is 72.2 Å². The molecule has 2 aliphatic rings. The molecule has 2 atom stereocenters. The van der Waals surface area contributed by atoms with Gasteiger partial charge in [-0.05, 0) is 37.1 Å². The Kier molecular flexibility index (Phi) is 4.19. The number of furan rings is 1. The van der Waals surface area contributed by atoms with E-state index in [1.165, 1.54) is 12.6 Å². The molecule has 1 spiro atoms. The molecule has 8 nitrogen and oxygen atoms in total. The average Bonchev–Trinajstić information content (AvgIpc) is 3.52. The van der Waals surface area contributed by atoms with E-state index in [-0.39, 0.29) is 23.3 Å². The summed E-state index contributed by atoms with van der Waals surface area (Å²) >= 11 is 0. The topological polar surface area (TPSA) is 93.3 Å². The Balaban J connectivity index is 1.44. The molecule has 0 saturated carbocycles. The Labute approximate surface area is 167 Å². The summed E-state index contributed by atoms with van der Waals surface area (Å²) in [7, 11) is 0. The summed E-state index contributed by atoms with van der Waals surface area (Å²) in [6, 6.07) is 12.2. The largest absolute Gasteiger partial charge is 0.459 e. The lowest BCUT2D eigenvalue weighted by atomic mass is 9.74. The summed E-state index contributed by atoms with van der Waals surface area (Å²) in [5, 5.41) is 7.48. The molecule has 1 N–H and O–H groups in total. The first-order valence-corrected chi connectivity index (χ1v) is 9.73. The highest BCUT2D eigenvalue weighted by Crippen LogP contribution is 2.47. The number of hydrogen-bond donors (Lipinski definition) is 1. The number of carbonyl (C=O) groups excluding carboxylic acids is 2. The van der Waals surface area contributed by atoms with Crippen molar-refractivity contribution in [3.63, 3.8) is 0 Å². The van der Waals surface area contributed by atoms with Crippen molar-refractivity contribution in [2.45, 2.75) is 25.4 Å². The third-order valence-electron chi connectivity index (χ3n) is 6.05. The smallest absolute Gasteiger partial charge is 0.289 e. The van der Waals surface area contributed by atoms with Crippen LogP contribution in [0.1, 0.15) is 45.6 Å². The molecule has 2 aliphatic heterocycles. The van der Waals surface area contributed by atoms with E-state index >= 15 is 0 Å². The lowest BCUT2D eigenvalue weighted by Crippen LogP contribution is -2.48. The lowest BCUT2D eigenvalue weighted by Gasteiger charge is -2.40. The molecular formula is C21H21N5O3. The molecule has 0 unspecified atom stereocenters. The van der Waals surface area contributed by atoms with E-state index in [0.717, 1.165) is 25.2 Å². The van der Waals surface area contributed by atoms with Crippen LogP contribution in [0.15, 0.2) is 59.5 Å². The molecule has 2 amide bonds. The molecule has 1 saturated heterocycles. The number of hydrogen-bond acceptors (Lipinski definition) is 5. The highest BCUT2D eigenvalue weighted by atomic mass is 16.3. The van der Waals surface area contributed by atoms with Gasteiger partial charge >= 0.3 is 0 Å². The normalized spacial score (nSPS) is 23.2. The van der Waals surface area contributed by atoms with Gasteiger partial charge in [0.1, 0.15) is 12.2 Å². The molecule has 3 aromatic rings. The van der Waals surface area contributed by atoms with E-state index in [9.17, 15) is 9.59 Å². The Morgan fingerprint density at radius 2 is 1.93 bits per heavy atom. The van der Waals surface area contributed by atoms with E-state index < -0.39 is 0 Å². The van der Waals surface area contributed by atoms with Crippen LogP contribution in [-0.2, 0) is 6.54 Å². The maximum atomic E-state index is 12.9. The van der Waals surface area contributed by atoms with Crippen LogP contribution < -0.4 is 5.32 Å². The molecule has 8 heteroatoms. The van der Waals surface area contributed by atoms with Gasteiger partial charge < -0.3 is 14.6 Å². The number of aromatic nitrogens is 3. The van der Waals surface area contributed by atoms with Crippen LogP contribution in [0.3, 0.4) is 0 Å². The maximum Gasteiger partial charge on any atom is 0.289 e. The monoisotopic (exact) mass is 391 g/mol. The summed E-state index contributed by atoms with van der Waals surface area (Å²) in [5.41, 5.74) is 0.316. The Hall–Kier alpha value is -3.42. The summed E-state index contributed by atoms with van der Waals surface area (Å²) in [5.74, 6) is 0.813. The number of aryl methyl sites for hydroxylation is 1. The minimum Gasteiger partial charge on any atom is -0.459 e. The number of nitrogens with one attached hydrogen (secondary N) is 1. The molecule has 1 aromatic carbocycles. The first-order chi connectivity index (χ1) is 14.2. The van der Waals surface area contributed by atoms with E-state index in [2.05, 4.69) is 15.4 Å². The highest BCUT2D eigenvalue weighted by Gasteiger charge is 2.51. The third-order valence-corrected chi connectivity index (χ3v) is 6.05. The molecule has 0 bridgehead atoms. The Bertz CT molecular complexity index is 1030. The quantitative estimate of drug-likeness (QED) is 0.739. The Morgan fingerprint density at radius 3 is 2.72 bits per heavy atom. The molecule has 0 aliphatic carbocycles. The number of fused-ring (bicyclic) bond motifs is 1. The standard InChI is InChI=1S/C21H21N5O3/c27-19(15-5-2-1-3-6-15)24-17-18-22-14-23-26(18)11-9-21(17)8-10-25(13-21)20(28)16-7-4-12-29-16/h1-7,12,14,17H,8-11,13H2,(H,24,27)/t17-,21-/m1/s1. The first kappa shape index (κ1) is 17.7. The zero-order chi connectivity index (χ0) is 19.8. The molecule has 2 aromatic heterocycles. The van der Waals surface area contributed by atoms with Crippen molar-refractivity contribution in [1.82, 2.24) is 25.0 Å². The number of rotatable bonds is 3. The SMILES string of the molecule is O=C(N[C@@H]1c2ncnn2CC[C@@]12CCN(C(=O)c1ccco1)C2)c1ccccc1. The predicted molar refractivity (Wildman–Crippen MR) is 103 cm³/mol. The number of nitrogens with zero attached hydrogens (tertiary/aromatic N) is 4. The summed E-state index contributed by atoms with van der Waals surface area (Å²) < 4.78 is 7.13. The van der Waals surface area contributed by atoms with Gasteiger partial charge in [-0.1, -0.05) is 18.2 Å². The zero-order valence-corrected chi connectivity index (χ0v) is 15.8. The van der Waals surface area contributed by atoms with Crippen LogP contribution in [-0.4, -0.2) is 44.6 Å². The molecule has 29 heavy (non-hydrogen) atoms. The van der Waals surface area contributed by atoms with Gasteiger partial charge in [-0.15, -0.1) is 0 Å². The van der Waals surface area contributed by atoms with Crippen molar-refractivity contribution in [2.75, 3.05) is 13.1 Å². The van der Waals surface area contributed by atoms with Crippen LogP contribution >= 0.6 is 0 Å². The molecule has 1 fully saturated rings. The minimum absolute atomic E-state index is 0.118. The van der Waals surface area contributed by atoms with E-state index in [0.29, 0.717) is 24.4 Å². The fraction of sp³-hybridized carbons (Fsp3) is 0.333. The van der Waals surface area contributed by atoms with Crippen molar-refractivity contribution in [3.8, 4) is 0 Å². The highest BCUT2D eigenvalue weighted by molar-refractivity contribution is 5.94. The van der Waals surface area contributed by atoms with Gasteiger partial charge in [0.05, 0.1) is 12.3 Å². The fourth-order valence-corrected chi connectivity index (χ4v) is 4.50. The second kappa shape index (κ2) is 6.88. The van der Waals surface area contributed by atoms with Crippen molar-refractivity contribution in [2.24, 2.45) is 5.41 Å². The summed E-state index contributed by atoms with van der Waals surface area (Å²) in [4.78, 5) is 32.0. The van der Waals surface area contributed by atoms with Gasteiger partial charge in [-0.25, -0.2) is 9.67 Å². The summed E-state index contributed by atoms with van der Waals surface area (Å²) in [6.45, 7) is 1.88. The van der Waals surface area contributed by atoms with E-state index in [4.69, 9.17) is 4.42 Å². The fourth-order valence-electron chi connectivity index (χ4n) is 4.50. The molecule has 0 radical (unpaired) electrons. The van der Waals surface area contributed by atoms with Gasteiger partial charge in [0.25, 0.3) is 11.8 Å². The van der Waals surface area contributed by atoms with Gasteiger partial charge in [0.15, 0.2) is 5.76 Å². The molecule has 4 heterocycles. The van der Waals surface area contributed by atoms with Crippen LogP contribution in [0.4, 0.5) is 0 Å².